The second-order valence-corrected chi connectivity index (χ2v) is 7.82. The van der Waals surface area contributed by atoms with E-state index in [1.165, 1.54) is 24.3 Å². The van der Waals surface area contributed by atoms with Crippen molar-refractivity contribution >= 4 is 32.6 Å². The molecular formula is C28H16F2N2. The van der Waals surface area contributed by atoms with E-state index < -0.39 is 0 Å². The average molecular weight is 418 g/mol. The minimum Gasteiger partial charge on any atom is -0.244 e. The normalized spacial score (nSPS) is 11.4. The van der Waals surface area contributed by atoms with Crippen LogP contribution in [-0.2, 0) is 0 Å². The smallest absolute Gasteiger partial charge is 0.123 e. The molecule has 0 fully saturated rings. The van der Waals surface area contributed by atoms with Gasteiger partial charge in [0.25, 0.3) is 0 Å². The van der Waals surface area contributed by atoms with Crippen molar-refractivity contribution in [2.24, 2.45) is 0 Å². The van der Waals surface area contributed by atoms with Crippen molar-refractivity contribution in [1.29, 1.82) is 0 Å². The van der Waals surface area contributed by atoms with Crippen LogP contribution >= 0.6 is 0 Å². The summed E-state index contributed by atoms with van der Waals surface area (Å²) in [6.45, 7) is 0. The lowest BCUT2D eigenvalue weighted by molar-refractivity contribution is 0.627. The van der Waals surface area contributed by atoms with Gasteiger partial charge in [-0.3, -0.25) is 0 Å². The largest absolute Gasteiger partial charge is 0.244 e. The minimum absolute atomic E-state index is 0.316. The summed E-state index contributed by atoms with van der Waals surface area (Å²) in [6, 6.07) is 29.0. The van der Waals surface area contributed by atoms with Gasteiger partial charge < -0.3 is 0 Å². The first-order valence-electron chi connectivity index (χ1n) is 10.3. The Kier molecular flexibility index (Phi) is 4.18. The van der Waals surface area contributed by atoms with E-state index in [2.05, 4.69) is 24.3 Å². The van der Waals surface area contributed by atoms with Crippen LogP contribution in [0.2, 0.25) is 0 Å². The Balaban J connectivity index is 1.65. The lowest BCUT2D eigenvalue weighted by Gasteiger charge is -2.12. The summed E-state index contributed by atoms with van der Waals surface area (Å²) in [5.41, 5.74) is 4.25. The van der Waals surface area contributed by atoms with Crippen LogP contribution in [0, 0.1) is 11.6 Å². The molecule has 1 heterocycles. The molecule has 2 nitrogen and oxygen atoms in total. The van der Waals surface area contributed by atoms with E-state index in [0.29, 0.717) is 11.4 Å². The van der Waals surface area contributed by atoms with Crippen molar-refractivity contribution in [2.45, 2.75) is 0 Å². The second kappa shape index (κ2) is 7.20. The Morgan fingerprint density at radius 3 is 1.25 bits per heavy atom. The van der Waals surface area contributed by atoms with Gasteiger partial charge in [0.2, 0.25) is 0 Å². The first-order valence-corrected chi connectivity index (χ1v) is 10.3. The molecular weight excluding hydrogens is 402 g/mol. The predicted octanol–water partition coefficient (Wildman–Crippen LogP) is 7.55. The van der Waals surface area contributed by atoms with Crippen molar-refractivity contribution in [1.82, 2.24) is 9.97 Å². The van der Waals surface area contributed by atoms with Gasteiger partial charge >= 0.3 is 0 Å². The maximum Gasteiger partial charge on any atom is 0.123 e. The first-order chi connectivity index (χ1) is 15.6. The van der Waals surface area contributed by atoms with Crippen LogP contribution in [0.15, 0.2) is 97.1 Å². The van der Waals surface area contributed by atoms with Gasteiger partial charge in [0, 0.05) is 11.1 Å². The van der Waals surface area contributed by atoms with Crippen molar-refractivity contribution < 1.29 is 8.78 Å². The highest BCUT2D eigenvalue weighted by atomic mass is 19.1. The van der Waals surface area contributed by atoms with Gasteiger partial charge in [-0.2, -0.15) is 0 Å². The number of rotatable bonds is 2. The van der Waals surface area contributed by atoms with Crippen molar-refractivity contribution in [3.8, 4) is 22.5 Å². The Morgan fingerprint density at radius 2 is 0.844 bits per heavy atom. The van der Waals surface area contributed by atoms with E-state index >= 15 is 0 Å². The quantitative estimate of drug-likeness (QED) is 0.271. The third-order valence-electron chi connectivity index (χ3n) is 5.72. The molecule has 0 aliphatic carbocycles. The lowest BCUT2D eigenvalue weighted by Crippen LogP contribution is -1.96. The third kappa shape index (κ3) is 3.17. The fourth-order valence-corrected chi connectivity index (χ4v) is 4.11. The number of fused-ring (bicyclic) bond motifs is 3. The molecule has 0 aliphatic heterocycles. The highest BCUT2D eigenvalue weighted by molar-refractivity contribution is 6.03. The second-order valence-electron chi connectivity index (χ2n) is 7.82. The molecule has 0 radical (unpaired) electrons. The molecule has 6 rings (SSSR count). The number of benzene rings is 5. The molecule has 0 N–H and O–H groups in total. The molecule has 4 heteroatoms. The van der Waals surface area contributed by atoms with Gasteiger partial charge in [-0.25, -0.2) is 18.7 Å². The Bertz CT molecular complexity index is 1500. The molecule has 152 valence electrons. The lowest BCUT2D eigenvalue weighted by atomic mass is 10.0. The van der Waals surface area contributed by atoms with Gasteiger partial charge in [-0.05, 0) is 94.3 Å². The fourth-order valence-electron chi connectivity index (χ4n) is 4.11. The maximum absolute atomic E-state index is 13.5. The summed E-state index contributed by atoms with van der Waals surface area (Å²) in [7, 11) is 0. The molecule has 0 saturated heterocycles. The van der Waals surface area contributed by atoms with Crippen molar-refractivity contribution in [3.63, 3.8) is 0 Å². The van der Waals surface area contributed by atoms with Crippen LogP contribution in [0.4, 0.5) is 8.78 Å². The van der Waals surface area contributed by atoms with E-state index in [4.69, 9.17) is 9.97 Å². The zero-order valence-corrected chi connectivity index (χ0v) is 16.9. The number of hydrogen-bond donors (Lipinski definition) is 0. The summed E-state index contributed by atoms with van der Waals surface area (Å²) in [5, 5.41) is 4.47. The van der Waals surface area contributed by atoms with E-state index in [0.717, 1.165) is 43.7 Å². The predicted molar refractivity (Wildman–Crippen MR) is 125 cm³/mol. The van der Waals surface area contributed by atoms with Crippen LogP contribution in [0.3, 0.4) is 0 Å². The Morgan fingerprint density at radius 1 is 0.438 bits per heavy atom. The van der Waals surface area contributed by atoms with Crippen LogP contribution < -0.4 is 0 Å². The van der Waals surface area contributed by atoms with Crippen LogP contribution in [0.5, 0.6) is 0 Å². The number of aromatic nitrogens is 2. The highest BCUT2D eigenvalue weighted by Gasteiger charge is 2.14. The molecule has 0 aliphatic rings. The number of nitrogens with zero attached hydrogens (tertiary/aromatic N) is 2. The van der Waals surface area contributed by atoms with Gasteiger partial charge in [0.15, 0.2) is 0 Å². The molecule has 0 spiro atoms. The molecule has 1 aromatic heterocycles. The van der Waals surface area contributed by atoms with Gasteiger partial charge in [0.05, 0.1) is 22.4 Å². The van der Waals surface area contributed by atoms with E-state index in [-0.39, 0.29) is 11.6 Å². The topological polar surface area (TPSA) is 25.8 Å². The molecule has 0 atom stereocenters. The summed E-state index contributed by atoms with van der Waals surface area (Å²) in [6.07, 6.45) is 0. The van der Waals surface area contributed by atoms with E-state index in [9.17, 15) is 8.78 Å². The van der Waals surface area contributed by atoms with E-state index in [1.54, 1.807) is 24.3 Å². The molecule has 5 aromatic carbocycles. The molecule has 0 saturated carbocycles. The number of hydrogen-bond acceptors (Lipinski definition) is 2. The first kappa shape index (κ1) is 18.6. The zero-order chi connectivity index (χ0) is 21.7. The summed E-state index contributed by atoms with van der Waals surface area (Å²) in [5.74, 6) is -0.632. The summed E-state index contributed by atoms with van der Waals surface area (Å²) < 4.78 is 27.1. The molecule has 0 unspecified atom stereocenters. The molecule has 0 bridgehead atoms. The molecule has 0 amide bonds. The third-order valence-corrected chi connectivity index (χ3v) is 5.72. The average Bonchev–Trinajstić information content (AvgIpc) is 2.82. The standard InChI is InChI=1S/C28H16F2N2/c29-23-9-5-17(6-10-23)27-28(18-7-11-24(30)12-8-18)32-26-16-22-14-20-4-2-1-3-19(20)13-21(22)15-25(26)31-27/h1-16H. The van der Waals surface area contributed by atoms with Gasteiger partial charge in [-0.15, -0.1) is 0 Å². The van der Waals surface area contributed by atoms with Crippen LogP contribution in [-0.4, -0.2) is 9.97 Å². The highest BCUT2D eigenvalue weighted by Crippen LogP contribution is 2.33. The molecule has 6 aromatic rings. The van der Waals surface area contributed by atoms with Crippen molar-refractivity contribution in [3.05, 3.63) is 109 Å². The summed E-state index contributed by atoms with van der Waals surface area (Å²) >= 11 is 0. The van der Waals surface area contributed by atoms with E-state index in [1.807, 2.05) is 24.3 Å². The zero-order valence-electron chi connectivity index (χ0n) is 16.9. The maximum atomic E-state index is 13.5. The van der Waals surface area contributed by atoms with Crippen LogP contribution in [0.25, 0.3) is 55.1 Å². The minimum atomic E-state index is -0.316. The van der Waals surface area contributed by atoms with Crippen molar-refractivity contribution in [2.75, 3.05) is 0 Å². The summed E-state index contributed by atoms with van der Waals surface area (Å²) in [4.78, 5) is 9.85. The number of halogens is 2. The SMILES string of the molecule is Fc1ccc(-c2nc3cc4cc5ccccc5cc4cc3nc2-c2ccc(F)cc2)cc1. The van der Waals surface area contributed by atoms with Crippen LogP contribution in [0.1, 0.15) is 0 Å². The van der Waals surface area contributed by atoms with Gasteiger partial charge in [0.1, 0.15) is 11.6 Å². The molecule has 32 heavy (non-hydrogen) atoms. The Hall–Kier alpha value is -4.18. The van der Waals surface area contributed by atoms with Gasteiger partial charge in [-0.1, -0.05) is 24.3 Å². The fraction of sp³-hybridized carbons (Fsp3) is 0. The Labute approximate surface area is 182 Å². The monoisotopic (exact) mass is 418 g/mol.